The quantitative estimate of drug-likeness (QED) is 0.442. The summed E-state index contributed by atoms with van der Waals surface area (Å²) in [6.45, 7) is 0. The molecule has 0 bridgehead atoms. The summed E-state index contributed by atoms with van der Waals surface area (Å²) in [6, 6.07) is 8.65. The van der Waals surface area contributed by atoms with Crippen LogP contribution in [0, 0.1) is 11.3 Å². The first-order chi connectivity index (χ1) is 8.81. The van der Waals surface area contributed by atoms with E-state index in [0.29, 0.717) is 10.9 Å². The molecule has 0 spiro atoms. The predicted molar refractivity (Wildman–Crippen MR) is 64.1 cm³/mol. The third-order valence-electron chi connectivity index (χ3n) is 2.24. The van der Waals surface area contributed by atoms with Crippen LogP contribution in [-0.2, 0) is 0 Å². The first-order valence-electron chi connectivity index (χ1n) is 4.75. The predicted octanol–water partition coefficient (Wildman–Crippen LogP) is 3.99. The van der Waals surface area contributed by atoms with Crippen molar-refractivity contribution in [2.45, 2.75) is 0 Å². The van der Waals surface area contributed by atoms with Gasteiger partial charge in [0, 0.05) is 15.2 Å². The minimum Gasteiger partial charge on any atom is -0.245 e. The van der Waals surface area contributed by atoms with Gasteiger partial charge in [0.25, 0.3) is 0 Å². The van der Waals surface area contributed by atoms with Gasteiger partial charge in [-0.1, -0.05) is 23.3 Å². The smallest absolute Gasteiger partial charge is 0.145 e. The van der Waals surface area contributed by atoms with Crippen molar-refractivity contribution in [1.82, 2.24) is 4.98 Å². The van der Waals surface area contributed by atoms with Gasteiger partial charge in [0.05, 0.1) is 16.8 Å². The monoisotopic (exact) mass is 236 g/mol. The van der Waals surface area contributed by atoms with E-state index in [9.17, 15) is 0 Å². The average molecular weight is 236 g/mol. The fourth-order valence-corrected chi connectivity index (χ4v) is 1.55. The summed E-state index contributed by atoms with van der Waals surface area (Å²) in [6.07, 6.45) is 0. The zero-order valence-electron chi connectivity index (χ0n) is 8.89. The van der Waals surface area contributed by atoms with Crippen LogP contribution in [0.4, 0.5) is 11.5 Å². The Morgan fingerprint density at radius 2 is 1.89 bits per heavy atom. The van der Waals surface area contributed by atoms with E-state index < -0.39 is 0 Å². The number of hydrogen-bond donors (Lipinski definition) is 0. The molecule has 8 nitrogen and oxygen atoms in total. The van der Waals surface area contributed by atoms with Crippen LogP contribution in [0.5, 0.6) is 0 Å². The molecule has 1 aromatic heterocycles. The summed E-state index contributed by atoms with van der Waals surface area (Å²) in [5, 5.41) is 16.4. The van der Waals surface area contributed by atoms with Gasteiger partial charge >= 0.3 is 0 Å². The van der Waals surface area contributed by atoms with Crippen molar-refractivity contribution in [3.63, 3.8) is 0 Å². The number of benzene rings is 1. The molecule has 1 heterocycles. The van der Waals surface area contributed by atoms with Crippen molar-refractivity contribution in [2.24, 2.45) is 10.2 Å². The number of azide groups is 2. The molecule has 2 rings (SSSR count). The third-order valence-corrected chi connectivity index (χ3v) is 2.24. The number of rotatable bonds is 2. The van der Waals surface area contributed by atoms with Gasteiger partial charge in [-0.05, 0) is 22.2 Å². The standard InChI is InChI=1S/C10H4N8/c11-5-7-9(15-17-12)6-3-1-2-4-8(6)14-10(7)16-18-13/h1-4H. The van der Waals surface area contributed by atoms with Crippen LogP contribution in [0.15, 0.2) is 34.5 Å². The third kappa shape index (κ3) is 1.74. The number of nitrogens with zero attached hydrogens (tertiary/aromatic N) is 8. The van der Waals surface area contributed by atoms with E-state index in [1.165, 1.54) is 0 Å². The summed E-state index contributed by atoms with van der Waals surface area (Å²) in [4.78, 5) is 9.33. The molecule has 0 saturated carbocycles. The molecule has 0 unspecified atom stereocenters. The Hall–Kier alpha value is -3.26. The second kappa shape index (κ2) is 4.72. The van der Waals surface area contributed by atoms with Gasteiger partial charge in [-0.2, -0.15) is 5.26 Å². The number of aromatic nitrogens is 1. The van der Waals surface area contributed by atoms with Gasteiger partial charge in [0.1, 0.15) is 11.9 Å². The van der Waals surface area contributed by atoms with E-state index in [1.807, 2.05) is 6.07 Å². The fourth-order valence-electron chi connectivity index (χ4n) is 1.55. The Morgan fingerprint density at radius 3 is 2.56 bits per heavy atom. The highest BCUT2D eigenvalue weighted by Gasteiger charge is 2.12. The lowest BCUT2D eigenvalue weighted by molar-refractivity contribution is 1.27. The molecule has 2 aromatic rings. The minimum atomic E-state index is -0.0962. The largest absolute Gasteiger partial charge is 0.245 e. The van der Waals surface area contributed by atoms with Crippen LogP contribution in [-0.4, -0.2) is 4.98 Å². The van der Waals surface area contributed by atoms with E-state index in [-0.39, 0.29) is 17.1 Å². The van der Waals surface area contributed by atoms with E-state index in [0.717, 1.165) is 0 Å². The maximum absolute atomic E-state index is 9.06. The first kappa shape index (κ1) is 11.2. The second-order valence-corrected chi connectivity index (χ2v) is 3.17. The van der Waals surface area contributed by atoms with Crippen molar-refractivity contribution in [3.8, 4) is 6.07 Å². The summed E-state index contributed by atoms with van der Waals surface area (Å²) in [7, 11) is 0. The molecule has 84 valence electrons. The Balaban J connectivity index is 3.01. The molecule has 0 aliphatic heterocycles. The number of nitriles is 1. The van der Waals surface area contributed by atoms with Crippen molar-refractivity contribution in [1.29, 1.82) is 5.26 Å². The van der Waals surface area contributed by atoms with Gasteiger partial charge < -0.3 is 0 Å². The highest BCUT2D eigenvalue weighted by molar-refractivity contribution is 5.94. The van der Waals surface area contributed by atoms with Gasteiger partial charge in [0.2, 0.25) is 0 Å². The Labute approximate surface area is 100 Å². The van der Waals surface area contributed by atoms with Crippen LogP contribution in [0.1, 0.15) is 5.56 Å². The number of pyridine rings is 1. The highest BCUT2D eigenvalue weighted by Crippen LogP contribution is 2.34. The number of fused-ring (bicyclic) bond motifs is 1. The maximum Gasteiger partial charge on any atom is 0.145 e. The summed E-state index contributed by atoms with van der Waals surface area (Å²) in [5.41, 5.74) is 17.6. The fraction of sp³-hybridized carbons (Fsp3) is 0. The van der Waals surface area contributed by atoms with Crippen molar-refractivity contribution >= 4 is 22.4 Å². The zero-order chi connectivity index (χ0) is 13.0. The molecule has 0 saturated heterocycles. The lowest BCUT2D eigenvalue weighted by atomic mass is 10.1. The second-order valence-electron chi connectivity index (χ2n) is 3.17. The van der Waals surface area contributed by atoms with E-state index in [2.05, 4.69) is 25.0 Å². The molecule has 0 aliphatic carbocycles. The molecule has 0 amide bonds. The Bertz CT molecular complexity index is 759. The summed E-state index contributed by atoms with van der Waals surface area (Å²) >= 11 is 0. The Morgan fingerprint density at radius 1 is 1.17 bits per heavy atom. The SMILES string of the molecule is N#Cc1c(N=[N+]=[N-])nc2ccccc2c1N=[N+]=[N-]. The molecule has 18 heavy (non-hydrogen) atoms. The molecular formula is C10H4N8. The van der Waals surface area contributed by atoms with Gasteiger partial charge in [0.15, 0.2) is 0 Å². The lowest BCUT2D eigenvalue weighted by Crippen LogP contribution is -1.86. The van der Waals surface area contributed by atoms with Gasteiger partial charge in [-0.15, -0.1) is 0 Å². The van der Waals surface area contributed by atoms with E-state index >= 15 is 0 Å². The van der Waals surface area contributed by atoms with Crippen LogP contribution < -0.4 is 0 Å². The zero-order valence-corrected chi connectivity index (χ0v) is 8.89. The number of hydrogen-bond acceptors (Lipinski definition) is 4. The molecule has 0 fully saturated rings. The number of para-hydroxylation sites is 1. The molecule has 0 aliphatic rings. The molecule has 8 heteroatoms. The minimum absolute atomic E-state index is 0.0377. The summed E-state index contributed by atoms with van der Waals surface area (Å²) < 4.78 is 0. The molecule has 0 N–H and O–H groups in total. The lowest BCUT2D eigenvalue weighted by Gasteiger charge is -2.05. The highest BCUT2D eigenvalue weighted by atomic mass is 15.2. The van der Waals surface area contributed by atoms with Gasteiger partial charge in [-0.25, -0.2) is 4.98 Å². The Kier molecular flexibility index (Phi) is 2.94. The van der Waals surface area contributed by atoms with E-state index in [1.54, 1.807) is 24.3 Å². The van der Waals surface area contributed by atoms with Crippen molar-refractivity contribution in [3.05, 3.63) is 50.7 Å². The normalized spacial score (nSPS) is 9.06. The maximum atomic E-state index is 9.06. The molecular weight excluding hydrogens is 232 g/mol. The average Bonchev–Trinajstić information content (AvgIpc) is 2.39. The topological polar surface area (TPSA) is 134 Å². The first-order valence-corrected chi connectivity index (χ1v) is 4.75. The van der Waals surface area contributed by atoms with Crippen LogP contribution in [0.25, 0.3) is 31.8 Å². The van der Waals surface area contributed by atoms with Crippen LogP contribution >= 0.6 is 0 Å². The van der Waals surface area contributed by atoms with Crippen molar-refractivity contribution in [2.75, 3.05) is 0 Å². The van der Waals surface area contributed by atoms with E-state index in [4.69, 9.17) is 16.3 Å². The molecule has 0 atom stereocenters. The molecule has 0 radical (unpaired) electrons. The van der Waals surface area contributed by atoms with Crippen molar-refractivity contribution < 1.29 is 0 Å². The van der Waals surface area contributed by atoms with Crippen LogP contribution in [0.2, 0.25) is 0 Å². The van der Waals surface area contributed by atoms with Crippen LogP contribution in [0.3, 0.4) is 0 Å². The van der Waals surface area contributed by atoms with Gasteiger partial charge in [-0.3, -0.25) is 0 Å². The summed E-state index contributed by atoms with van der Waals surface area (Å²) in [5.74, 6) is -0.0962. The molecule has 1 aromatic carbocycles.